The molecule has 136 valence electrons. The molecule has 0 saturated carbocycles. The van der Waals surface area contributed by atoms with Crippen LogP contribution in [0.3, 0.4) is 0 Å². The Labute approximate surface area is 157 Å². The first-order valence-corrected chi connectivity index (χ1v) is 9.14. The van der Waals surface area contributed by atoms with Crippen LogP contribution in [0, 0.1) is 0 Å². The topological polar surface area (TPSA) is 66.5 Å². The van der Waals surface area contributed by atoms with Crippen molar-refractivity contribution in [2.45, 2.75) is 25.3 Å². The second kappa shape index (κ2) is 7.19. The first kappa shape index (κ1) is 17.2. The van der Waals surface area contributed by atoms with E-state index in [4.69, 9.17) is 0 Å². The zero-order valence-corrected chi connectivity index (χ0v) is 14.9. The van der Waals surface area contributed by atoms with Gasteiger partial charge in [-0.15, -0.1) is 0 Å². The molecule has 1 aliphatic carbocycles. The number of hydrogen-bond donors (Lipinski definition) is 1. The number of carbonyl (C=O) groups is 3. The molecular weight excluding hydrogens is 340 g/mol. The van der Waals surface area contributed by atoms with E-state index in [0.29, 0.717) is 24.9 Å². The molecule has 0 bridgehead atoms. The third-order valence-electron chi connectivity index (χ3n) is 5.18. The van der Waals surface area contributed by atoms with E-state index in [9.17, 15) is 14.4 Å². The van der Waals surface area contributed by atoms with Gasteiger partial charge in [-0.25, -0.2) is 0 Å². The van der Waals surface area contributed by atoms with Crippen molar-refractivity contribution >= 4 is 17.7 Å². The Kier molecular flexibility index (Phi) is 4.59. The summed E-state index contributed by atoms with van der Waals surface area (Å²) in [5, 5.41) is 2.98. The normalized spacial score (nSPS) is 18.1. The lowest BCUT2D eigenvalue weighted by molar-refractivity contribution is -0.139. The van der Waals surface area contributed by atoms with Gasteiger partial charge in [-0.2, -0.15) is 0 Å². The van der Waals surface area contributed by atoms with E-state index in [1.54, 1.807) is 0 Å². The molecule has 0 spiro atoms. The molecule has 0 radical (unpaired) electrons. The Balaban J connectivity index is 1.48. The van der Waals surface area contributed by atoms with Gasteiger partial charge >= 0.3 is 0 Å². The Morgan fingerprint density at radius 1 is 1.00 bits per heavy atom. The predicted molar refractivity (Wildman–Crippen MR) is 101 cm³/mol. The van der Waals surface area contributed by atoms with E-state index in [1.807, 2.05) is 48.5 Å². The van der Waals surface area contributed by atoms with Gasteiger partial charge in [-0.05, 0) is 42.0 Å². The van der Waals surface area contributed by atoms with Gasteiger partial charge in [0.2, 0.25) is 0 Å². The molecule has 1 heterocycles. The summed E-state index contributed by atoms with van der Waals surface area (Å²) in [5.41, 5.74) is 3.65. The van der Waals surface area contributed by atoms with Crippen molar-refractivity contribution in [2.75, 3.05) is 6.54 Å². The first-order chi connectivity index (χ1) is 13.1. The molecule has 2 aromatic rings. The molecule has 1 atom stereocenters. The predicted octanol–water partition coefficient (Wildman–Crippen LogP) is 2.57. The van der Waals surface area contributed by atoms with Crippen LogP contribution in [0.1, 0.15) is 39.5 Å². The quantitative estimate of drug-likeness (QED) is 0.834. The Hall–Kier alpha value is -3.21. The van der Waals surface area contributed by atoms with Gasteiger partial charge in [0.15, 0.2) is 0 Å². The molecular formula is C22H20N2O3. The molecule has 0 saturated heterocycles. The van der Waals surface area contributed by atoms with Crippen molar-refractivity contribution in [1.82, 2.24) is 10.2 Å². The number of imide groups is 1. The fourth-order valence-corrected chi connectivity index (χ4v) is 3.89. The number of rotatable bonds is 5. The highest BCUT2D eigenvalue weighted by atomic mass is 16.2. The minimum absolute atomic E-state index is 0.111. The smallest absolute Gasteiger partial charge is 0.254 e. The fraction of sp³-hybridized carbons (Fsp3) is 0.227. The maximum atomic E-state index is 12.7. The van der Waals surface area contributed by atoms with Crippen LogP contribution >= 0.6 is 0 Å². The molecule has 5 nitrogen and oxygen atoms in total. The van der Waals surface area contributed by atoms with Crippen LogP contribution in [0.2, 0.25) is 0 Å². The average Bonchev–Trinajstić information content (AvgIpc) is 3.25. The average molecular weight is 360 g/mol. The van der Waals surface area contributed by atoms with Crippen molar-refractivity contribution in [3.8, 4) is 0 Å². The maximum Gasteiger partial charge on any atom is 0.254 e. The Morgan fingerprint density at radius 2 is 1.74 bits per heavy atom. The minimum atomic E-state index is -0.285. The van der Waals surface area contributed by atoms with E-state index >= 15 is 0 Å². The zero-order valence-electron chi connectivity index (χ0n) is 14.9. The first-order valence-electron chi connectivity index (χ1n) is 9.14. The molecule has 2 aromatic carbocycles. The number of nitrogens with one attached hydrogen (secondary N) is 1. The summed E-state index contributed by atoms with van der Waals surface area (Å²) < 4.78 is 0. The standard InChI is InChI=1S/C22H20N2O3/c25-20-11-12-21(26)24(20)19-10-9-16-17(19)7-4-8-18(16)22(27)23-14-13-15-5-2-1-3-6-15/h1-8,11-12,19H,9-10,13-14H2,(H,23,27)/t19-/m0/s1. The summed E-state index contributed by atoms with van der Waals surface area (Å²) in [6, 6.07) is 15.3. The van der Waals surface area contributed by atoms with E-state index in [-0.39, 0.29) is 23.8 Å². The summed E-state index contributed by atoms with van der Waals surface area (Å²) >= 11 is 0. The number of benzene rings is 2. The monoisotopic (exact) mass is 360 g/mol. The van der Waals surface area contributed by atoms with Crippen molar-refractivity contribution in [3.05, 3.63) is 82.9 Å². The van der Waals surface area contributed by atoms with Gasteiger partial charge in [-0.1, -0.05) is 42.5 Å². The molecule has 0 unspecified atom stereocenters. The van der Waals surface area contributed by atoms with Crippen LogP contribution in [0.15, 0.2) is 60.7 Å². The van der Waals surface area contributed by atoms with E-state index in [1.165, 1.54) is 22.6 Å². The second-order valence-electron chi connectivity index (χ2n) is 6.80. The van der Waals surface area contributed by atoms with Crippen molar-refractivity contribution in [3.63, 3.8) is 0 Å². The number of nitrogens with zero attached hydrogens (tertiary/aromatic N) is 1. The van der Waals surface area contributed by atoms with Crippen LogP contribution in [-0.4, -0.2) is 29.2 Å². The molecule has 0 fully saturated rings. The van der Waals surface area contributed by atoms with Gasteiger partial charge in [0.1, 0.15) is 0 Å². The Morgan fingerprint density at radius 3 is 2.48 bits per heavy atom. The lowest BCUT2D eigenvalue weighted by atomic mass is 10.0. The molecule has 1 aliphatic heterocycles. The molecule has 0 aromatic heterocycles. The van der Waals surface area contributed by atoms with Gasteiger partial charge < -0.3 is 5.32 Å². The van der Waals surface area contributed by atoms with E-state index < -0.39 is 0 Å². The number of carbonyl (C=O) groups excluding carboxylic acids is 3. The number of amides is 3. The van der Waals surface area contributed by atoms with Crippen LogP contribution < -0.4 is 5.32 Å². The van der Waals surface area contributed by atoms with Crippen LogP contribution in [0.25, 0.3) is 0 Å². The molecule has 3 amide bonds. The van der Waals surface area contributed by atoms with Crippen molar-refractivity contribution in [1.29, 1.82) is 0 Å². The van der Waals surface area contributed by atoms with Gasteiger partial charge in [0, 0.05) is 24.3 Å². The van der Waals surface area contributed by atoms with Crippen LogP contribution in [0.4, 0.5) is 0 Å². The summed E-state index contributed by atoms with van der Waals surface area (Å²) in [4.78, 5) is 38.0. The summed E-state index contributed by atoms with van der Waals surface area (Å²) in [6.07, 6.45) is 4.72. The van der Waals surface area contributed by atoms with Crippen molar-refractivity contribution in [2.24, 2.45) is 0 Å². The zero-order chi connectivity index (χ0) is 18.8. The lowest BCUT2D eigenvalue weighted by Gasteiger charge is -2.23. The van der Waals surface area contributed by atoms with Gasteiger partial charge in [-0.3, -0.25) is 19.3 Å². The molecule has 1 N–H and O–H groups in total. The largest absolute Gasteiger partial charge is 0.352 e. The van der Waals surface area contributed by atoms with Crippen LogP contribution in [-0.2, 0) is 22.4 Å². The number of hydrogen-bond acceptors (Lipinski definition) is 3. The summed E-state index contributed by atoms with van der Waals surface area (Å²) in [5.74, 6) is -0.674. The molecule has 4 rings (SSSR count). The summed E-state index contributed by atoms with van der Waals surface area (Å²) in [6.45, 7) is 0.558. The molecule has 5 heteroatoms. The van der Waals surface area contributed by atoms with E-state index in [0.717, 1.165) is 17.5 Å². The van der Waals surface area contributed by atoms with Gasteiger partial charge in [0.05, 0.1) is 6.04 Å². The third-order valence-corrected chi connectivity index (χ3v) is 5.18. The molecule has 2 aliphatic rings. The minimum Gasteiger partial charge on any atom is -0.352 e. The molecule has 27 heavy (non-hydrogen) atoms. The highest BCUT2D eigenvalue weighted by Gasteiger charge is 2.37. The Bertz CT molecular complexity index is 916. The maximum absolute atomic E-state index is 12.7. The SMILES string of the molecule is O=C(NCCc1ccccc1)c1cccc2c1CC[C@@H]2N1C(=O)C=CC1=O. The fourth-order valence-electron chi connectivity index (χ4n) is 3.89. The third kappa shape index (κ3) is 3.28. The van der Waals surface area contributed by atoms with Gasteiger partial charge in [0.25, 0.3) is 17.7 Å². The number of fused-ring (bicyclic) bond motifs is 1. The van der Waals surface area contributed by atoms with E-state index in [2.05, 4.69) is 5.32 Å². The van der Waals surface area contributed by atoms with Crippen molar-refractivity contribution < 1.29 is 14.4 Å². The highest BCUT2D eigenvalue weighted by Crippen LogP contribution is 2.38. The highest BCUT2D eigenvalue weighted by molar-refractivity contribution is 6.13. The van der Waals surface area contributed by atoms with Crippen LogP contribution in [0.5, 0.6) is 0 Å². The second-order valence-corrected chi connectivity index (χ2v) is 6.80. The lowest BCUT2D eigenvalue weighted by Crippen LogP contribution is -2.33. The summed E-state index contributed by atoms with van der Waals surface area (Å²) in [7, 11) is 0.